The SMILES string of the molecule is CC1CCN(c2ccc(NS(=O)(=O)c3ccc4c(c3)NC(=O)C[C@@H](C)S4)cc2)CC1. The number of sulfonamides is 1. The Morgan fingerprint density at radius 3 is 2.47 bits per heavy atom. The van der Waals surface area contributed by atoms with Crippen LogP contribution >= 0.6 is 11.8 Å². The summed E-state index contributed by atoms with van der Waals surface area (Å²) in [5.74, 6) is 0.665. The molecule has 160 valence electrons. The zero-order valence-electron chi connectivity index (χ0n) is 17.2. The highest BCUT2D eigenvalue weighted by atomic mass is 32.2. The van der Waals surface area contributed by atoms with Crippen LogP contribution in [0.2, 0.25) is 0 Å². The van der Waals surface area contributed by atoms with Crippen LogP contribution in [0, 0.1) is 5.92 Å². The number of anilines is 3. The molecule has 2 aliphatic heterocycles. The Kier molecular flexibility index (Phi) is 5.97. The van der Waals surface area contributed by atoms with Crippen LogP contribution in [0.3, 0.4) is 0 Å². The van der Waals surface area contributed by atoms with Crippen molar-refractivity contribution >= 4 is 44.8 Å². The molecule has 6 nitrogen and oxygen atoms in total. The average Bonchev–Trinajstić information content (AvgIpc) is 2.84. The Morgan fingerprint density at radius 1 is 1.07 bits per heavy atom. The van der Waals surface area contributed by atoms with Gasteiger partial charge in [0.15, 0.2) is 0 Å². The molecule has 2 aromatic carbocycles. The zero-order chi connectivity index (χ0) is 21.3. The number of benzene rings is 2. The van der Waals surface area contributed by atoms with Crippen molar-refractivity contribution in [1.82, 2.24) is 0 Å². The Morgan fingerprint density at radius 2 is 1.77 bits per heavy atom. The highest BCUT2D eigenvalue weighted by molar-refractivity contribution is 8.00. The van der Waals surface area contributed by atoms with Crippen molar-refractivity contribution in [3.8, 4) is 0 Å². The van der Waals surface area contributed by atoms with E-state index in [-0.39, 0.29) is 16.1 Å². The molecule has 0 unspecified atom stereocenters. The summed E-state index contributed by atoms with van der Waals surface area (Å²) in [5.41, 5.74) is 2.18. The van der Waals surface area contributed by atoms with E-state index in [1.807, 2.05) is 19.1 Å². The van der Waals surface area contributed by atoms with E-state index in [1.165, 1.54) is 18.9 Å². The van der Waals surface area contributed by atoms with Gasteiger partial charge in [0.05, 0.1) is 10.6 Å². The highest BCUT2D eigenvalue weighted by Crippen LogP contribution is 2.36. The summed E-state index contributed by atoms with van der Waals surface area (Å²) in [6.45, 7) is 6.33. The number of thioether (sulfide) groups is 1. The lowest BCUT2D eigenvalue weighted by Gasteiger charge is -2.32. The van der Waals surface area contributed by atoms with Gasteiger partial charge in [-0.25, -0.2) is 8.42 Å². The van der Waals surface area contributed by atoms with Crippen LogP contribution in [-0.4, -0.2) is 32.7 Å². The molecule has 30 heavy (non-hydrogen) atoms. The van der Waals surface area contributed by atoms with E-state index in [4.69, 9.17) is 0 Å². The van der Waals surface area contributed by atoms with Crippen LogP contribution in [-0.2, 0) is 14.8 Å². The minimum Gasteiger partial charge on any atom is -0.372 e. The second-order valence-corrected chi connectivity index (χ2v) is 11.3. The van der Waals surface area contributed by atoms with Gasteiger partial charge in [-0.15, -0.1) is 11.8 Å². The number of rotatable bonds is 4. The molecule has 4 rings (SSSR count). The van der Waals surface area contributed by atoms with Crippen LogP contribution in [0.15, 0.2) is 52.3 Å². The van der Waals surface area contributed by atoms with Gasteiger partial charge in [-0.3, -0.25) is 9.52 Å². The maximum atomic E-state index is 12.9. The summed E-state index contributed by atoms with van der Waals surface area (Å²) >= 11 is 1.57. The summed E-state index contributed by atoms with van der Waals surface area (Å²) in [6.07, 6.45) is 2.77. The number of carbonyl (C=O) groups excluding carboxylic acids is 1. The van der Waals surface area contributed by atoms with E-state index in [0.29, 0.717) is 17.8 Å². The standard InChI is InChI=1S/C22H27N3O3S2/c1-15-9-11-25(12-10-15)18-5-3-17(4-6-18)24-30(27,28)19-7-8-21-20(14-19)23-22(26)13-16(2)29-21/h3-8,14-16,24H,9-13H2,1-2H3,(H,23,26)/t16-/m1/s1. The van der Waals surface area contributed by atoms with Crippen molar-refractivity contribution in [2.45, 2.75) is 48.2 Å². The molecular formula is C22H27N3O3S2. The summed E-state index contributed by atoms with van der Waals surface area (Å²) in [5, 5.41) is 2.97. The van der Waals surface area contributed by atoms with Gasteiger partial charge < -0.3 is 10.2 Å². The molecule has 0 aliphatic carbocycles. The van der Waals surface area contributed by atoms with Crippen molar-refractivity contribution in [2.75, 3.05) is 28.0 Å². The number of hydrogen-bond acceptors (Lipinski definition) is 5. The number of nitrogens with one attached hydrogen (secondary N) is 2. The number of carbonyl (C=O) groups is 1. The van der Waals surface area contributed by atoms with E-state index in [9.17, 15) is 13.2 Å². The molecule has 8 heteroatoms. The van der Waals surface area contributed by atoms with Crippen LogP contribution in [0.5, 0.6) is 0 Å². The van der Waals surface area contributed by atoms with Gasteiger partial charge in [0.2, 0.25) is 5.91 Å². The van der Waals surface area contributed by atoms with Gasteiger partial charge in [-0.05, 0) is 61.2 Å². The Hall–Kier alpha value is -2.19. The first-order valence-electron chi connectivity index (χ1n) is 10.3. The molecule has 2 N–H and O–H groups in total. The Labute approximate surface area is 182 Å². The molecule has 1 saturated heterocycles. The molecule has 2 heterocycles. The lowest BCUT2D eigenvalue weighted by Crippen LogP contribution is -2.32. The highest BCUT2D eigenvalue weighted by Gasteiger charge is 2.22. The third-order valence-electron chi connectivity index (χ3n) is 5.60. The second-order valence-electron chi connectivity index (χ2n) is 8.16. The number of amides is 1. The van der Waals surface area contributed by atoms with Crippen LogP contribution < -0.4 is 14.9 Å². The number of nitrogens with zero attached hydrogens (tertiary/aromatic N) is 1. The van der Waals surface area contributed by atoms with Gasteiger partial charge in [0, 0.05) is 41.0 Å². The van der Waals surface area contributed by atoms with Crippen molar-refractivity contribution < 1.29 is 13.2 Å². The quantitative estimate of drug-likeness (QED) is 0.722. The summed E-state index contributed by atoms with van der Waals surface area (Å²) < 4.78 is 28.5. The average molecular weight is 446 g/mol. The van der Waals surface area contributed by atoms with E-state index in [0.717, 1.165) is 29.6 Å². The zero-order valence-corrected chi connectivity index (χ0v) is 18.9. The van der Waals surface area contributed by atoms with Gasteiger partial charge in [0.25, 0.3) is 10.0 Å². The first-order valence-corrected chi connectivity index (χ1v) is 12.6. The van der Waals surface area contributed by atoms with Gasteiger partial charge in [-0.1, -0.05) is 13.8 Å². The largest absolute Gasteiger partial charge is 0.372 e. The van der Waals surface area contributed by atoms with Gasteiger partial charge >= 0.3 is 0 Å². The van der Waals surface area contributed by atoms with E-state index >= 15 is 0 Å². The van der Waals surface area contributed by atoms with Crippen molar-refractivity contribution in [3.05, 3.63) is 42.5 Å². The van der Waals surface area contributed by atoms with Crippen LogP contribution in [0.4, 0.5) is 17.1 Å². The first kappa shape index (κ1) is 21.1. The maximum absolute atomic E-state index is 12.9. The van der Waals surface area contributed by atoms with E-state index in [2.05, 4.69) is 21.9 Å². The molecule has 1 amide bonds. The van der Waals surface area contributed by atoms with Crippen molar-refractivity contribution in [2.24, 2.45) is 5.92 Å². The fourth-order valence-corrected chi connectivity index (χ4v) is 5.95. The number of piperidine rings is 1. The minimum atomic E-state index is -3.76. The molecule has 0 bridgehead atoms. The predicted molar refractivity (Wildman–Crippen MR) is 123 cm³/mol. The van der Waals surface area contributed by atoms with Gasteiger partial charge in [-0.2, -0.15) is 0 Å². The molecular weight excluding hydrogens is 418 g/mol. The molecule has 0 saturated carbocycles. The van der Waals surface area contributed by atoms with Crippen molar-refractivity contribution in [1.29, 1.82) is 0 Å². The molecule has 2 aliphatic rings. The monoisotopic (exact) mass is 445 g/mol. The Balaban J connectivity index is 1.50. The smallest absolute Gasteiger partial charge is 0.261 e. The fourth-order valence-electron chi connectivity index (χ4n) is 3.82. The number of fused-ring (bicyclic) bond motifs is 1. The fraction of sp³-hybridized carbons (Fsp3) is 0.409. The molecule has 1 atom stereocenters. The third kappa shape index (κ3) is 4.75. The third-order valence-corrected chi connectivity index (χ3v) is 8.16. The summed E-state index contributed by atoms with van der Waals surface area (Å²) in [4.78, 5) is 15.3. The molecule has 0 spiro atoms. The van der Waals surface area contributed by atoms with Crippen molar-refractivity contribution in [3.63, 3.8) is 0 Å². The minimum absolute atomic E-state index is 0.0982. The lowest BCUT2D eigenvalue weighted by molar-refractivity contribution is -0.116. The topological polar surface area (TPSA) is 78.5 Å². The predicted octanol–water partition coefficient (Wildman–Crippen LogP) is 4.55. The maximum Gasteiger partial charge on any atom is 0.261 e. The lowest BCUT2D eigenvalue weighted by atomic mass is 9.99. The van der Waals surface area contributed by atoms with E-state index in [1.54, 1.807) is 36.0 Å². The van der Waals surface area contributed by atoms with Crippen LogP contribution in [0.1, 0.15) is 33.1 Å². The summed E-state index contributed by atoms with van der Waals surface area (Å²) in [7, 11) is -3.76. The molecule has 0 aromatic heterocycles. The number of hydrogen-bond donors (Lipinski definition) is 2. The van der Waals surface area contributed by atoms with Crippen LogP contribution in [0.25, 0.3) is 0 Å². The summed E-state index contributed by atoms with van der Waals surface area (Å²) in [6, 6.07) is 12.4. The normalized spacial score (nSPS) is 20.3. The first-order chi connectivity index (χ1) is 14.3. The molecule has 1 fully saturated rings. The second kappa shape index (κ2) is 8.51. The van der Waals surface area contributed by atoms with E-state index < -0.39 is 10.0 Å². The molecule has 0 radical (unpaired) electrons. The Bertz CT molecular complexity index is 1030. The molecule has 2 aromatic rings. The van der Waals surface area contributed by atoms with Gasteiger partial charge in [0.1, 0.15) is 0 Å².